The Hall–Kier alpha value is -0.855. The number of hydrogen-bond acceptors (Lipinski definition) is 2. The summed E-state index contributed by atoms with van der Waals surface area (Å²) in [5.41, 5.74) is 2.98. The van der Waals surface area contributed by atoms with Crippen molar-refractivity contribution in [2.24, 2.45) is 0 Å². The van der Waals surface area contributed by atoms with Crippen LogP contribution in [0.2, 0.25) is 0 Å². The Bertz CT molecular complexity index is 285. The molecule has 0 amide bonds. The fourth-order valence-corrected chi connectivity index (χ4v) is 1.68. The van der Waals surface area contributed by atoms with Gasteiger partial charge in [0, 0.05) is 5.69 Å². The zero-order valence-electron chi connectivity index (χ0n) is 6.54. The lowest BCUT2D eigenvalue weighted by Crippen LogP contribution is -2.16. The highest BCUT2D eigenvalue weighted by molar-refractivity contribution is 6.31. The molecule has 0 unspecified atom stereocenters. The van der Waals surface area contributed by atoms with Crippen molar-refractivity contribution in [2.45, 2.75) is 25.7 Å². The van der Waals surface area contributed by atoms with Gasteiger partial charge in [-0.25, -0.2) is 4.98 Å². The van der Waals surface area contributed by atoms with Crippen LogP contribution in [-0.2, 0) is 6.42 Å². The minimum absolute atomic E-state index is 0.547. The first kappa shape index (κ1) is 6.83. The van der Waals surface area contributed by atoms with Crippen molar-refractivity contribution in [3.8, 4) is 0 Å². The van der Waals surface area contributed by atoms with Crippen LogP contribution in [0.1, 0.15) is 30.5 Å². The Morgan fingerprint density at radius 1 is 1.55 bits per heavy atom. The molecule has 0 fully saturated rings. The van der Waals surface area contributed by atoms with Crippen molar-refractivity contribution in [3.63, 3.8) is 0 Å². The molecular formula is C8H9BN2. The van der Waals surface area contributed by atoms with Crippen LogP contribution in [0, 0.1) is 0 Å². The molecule has 2 radical (unpaired) electrons. The molecule has 3 heteroatoms. The van der Waals surface area contributed by atoms with Crippen molar-refractivity contribution in [1.29, 1.82) is 0 Å². The zero-order chi connectivity index (χ0) is 7.84. The number of rotatable bonds is 0. The molecule has 11 heavy (non-hydrogen) atoms. The predicted octanol–water partition coefficient (Wildman–Crippen LogP) is 0.320. The molecule has 0 saturated carbocycles. The standard InChI is InChI=1S/C8H9BN2/c1-5-2-3-6-7(5)8(9)11-4-10-6/h4-5H,2-3H2,1H3/t5-/m1/s1. The molecule has 1 atom stereocenters. The van der Waals surface area contributed by atoms with E-state index in [1.54, 1.807) is 6.33 Å². The fourth-order valence-electron chi connectivity index (χ4n) is 1.68. The number of hydrogen-bond donors (Lipinski definition) is 0. The van der Waals surface area contributed by atoms with Crippen LogP contribution in [0.15, 0.2) is 6.33 Å². The molecule has 1 aliphatic carbocycles. The van der Waals surface area contributed by atoms with Crippen LogP contribution in [0.25, 0.3) is 0 Å². The van der Waals surface area contributed by atoms with Gasteiger partial charge in [0.15, 0.2) is 0 Å². The van der Waals surface area contributed by atoms with Gasteiger partial charge in [0.2, 0.25) is 0 Å². The van der Waals surface area contributed by atoms with Crippen LogP contribution in [0.4, 0.5) is 0 Å². The van der Waals surface area contributed by atoms with E-state index in [9.17, 15) is 0 Å². The Labute approximate surface area is 67.5 Å². The topological polar surface area (TPSA) is 25.8 Å². The molecule has 54 valence electrons. The zero-order valence-corrected chi connectivity index (χ0v) is 6.54. The summed E-state index contributed by atoms with van der Waals surface area (Å²) in [5.74, 6) is 0.547. The summed E-state index contributed by atoms with van der Waals surface area (Å²) in [6, 6.07) is 0. The molecule has 0 bridgehead atoms. The summed E-state index contributed by atoms with van der Waals surface area (Å²) in [6.07, 6.45) is 3.77. The van der Waals surface area contributed by atoms with E-state index in [2.05, 4.69) is 16.9 Å². The minimum Gasteiger partial charge on any atom is -0.253 e. The average molecular weight is 144 g/mol. The quantitative estimate of drug-likeness (QED) is 0.490. The van der Waals surface area contributed by atoms with Crippen molar-refractivity contribution in [1.82, 2.24) is 9.97 Å². The minimum atomic E-state index is 0.547. The lowest BCUT2D eigenvalue weighted by molar-refractivity contribution is 0.747. The first-order chi connectivity index (χ1) is 5.29. The third-order valence-corrected chi connectivity index (χ3v) is 2.30. The van der Waals surface area contributed by atoms with E-state index < -0.39 is 0 Å². The summed E-state index contributed by atoms with van der Waals surface area (Å²) in [6.45, 7) is 2.17. The Kier molecular flexibility index (Phi) is 1.45. The smallest absolute Gasteiger partial charge is 0.142 e. The van der Waals surface area contributed by atoms with Gasteiger partial charge < -0.3 is 0 Å². The van der Waals surface area contributed by atoms with E-state index in [-0.39, 0.29) is 0 Å². The molecule has 0 spiro atoms. The van der Waals surface area contributed by atoms with Crippen molar-refractivity contribution >= 4 is 13.4 Å². The molecule has 1 aromatic heterocycles. The fraction of sp³-hybridized carbons (Fsp3) is 0.500. The normalized spacial score (nSPS) is 21.7. The van der Waals surface area contributed by atoms with Gasteiger partial charge >= 0.3 is 0 Å². The van der Waals surface area contributed by atoms with Crippen LogP contribution >= 0.6 is 0 Å². The average Bonchev–Trinajstić information content (AvgIpc) is 2.34. The Balaban J connectivity index is 2.58. The first-order valence-electron chi connectivity index (χ1n) is 3.88. The molecule has 1 aromatic rings. The monoisotopic (exact) mass is 144 g/mol. The van der Waals surface area contributed by atoms with Gasteiger partial charge in [0.1, 0.15) is 14.2 Å². The molecule has 0 saturated heterocycles. The van der Waals surface area contributed by atoms with Crippen LogP contribution < -0.4 is 5.59 Å². The van der Waals surface area contributed by atoms with Crippen molar-refractivity contribution in [3.05, 3.63) is 17.6 Å². The largest absolute Gasteiger partial charge is 0.253 e. The summed E-state index contributed by atoms with van der Waals surface area (Å²) in [5, 5.41) is 0. The SMILES string of the molecule is [B]c1ncnc2c1[C@H](C)CC2. The third kappa shape index (κ3) is 0.952. The second-order valence-corrected chi connectivity index (χ2v) is 3.06. The molecule has 1 aliphatic rings. The molecule has 0 N–H and O–H groups in total. The highest BCUT2D eigenvalue weighted by atomic mass is 14.8. The van der Waals surface area contributed by atoms with E-state index in [4.69, 9.17) is 7.85 Å². The van der Waals surface area contributed by atoms with Crippen LogP contribution in [0.5, 0.6) is 0 Å². The number of fused-ring (bicyclic) bond motifs is 1. The second-order valence-electron chi connectivity index (χ2n) is 3.06. The maximum atomic E-state index is 5.71. The molecule has 2 nitrogen and oxygen atoms in total. The highest BCUT2D eigenvalue weighted by Gasteiger charge is 2.21. The van der Waals surface area contributed by atoms with Crippen LogP contribution in [-0.4, -0.2) is 17.8 Å². The number of nitrogens with zero attached hydrogens (tertiary/aromatic N) is 2. The molecule has 2 rings (SSSR count). The maximum absolute atomic E-state index is 5.71. The third-order valence-electron chi connectivity index (χ3n) is 2.30. The second kappa shape index (κ2) is 2.33. The summed E-state index contributed by atoms with van der Waals surface area (Å²) >= 11 is 0. The van der Waals surface area contributed by atoms with E-state index in [0.717, 1.165) is 18.5 Å². The summed E-state index contributed by atoms with van der Waals surface area (Å²) < 4.78 is 0. The van der Waals surface area contributed by atoms with Gasteiger partial charge in [-0.3, -0.25) is 4.98 Å². The predicted molar refractivity (Wildman–Crippen MR) is 44.2 cm³/mol. The summed E-state index contributed by atoms with van der Waals surface area (Å²) in [7, 11) is 5.71. The molecule has 0 aromatic carbocycles. The van der Waals surface area contributed by atoms with Crippen molar-refractivity contribution < 1.29 is 0 Å². The van der Waals surface area contributed by atoms with Crippen LogP contribution in [0.3, 0.4) is 0 Å². The number of aromatic nitrogens is 2. The van der Waals surface area contributed by atoms with E-state index in [0.29, 0.717) is 11.5 Å². The highest BCUT2D eigenvalue weighted by Crippen LogP contribution is 2.28. The number of aryl methyl sites for hydroxylation is 1. The van der Waals surface area contributed by atoms with E-state index in [1.165, 1.54) is 5.56 Å². The van der Waals surface area contributed by atoms with Crippen molar-refractivity contribution in [2.75, 3.05) is 0 Å². The first-order valence-corrected chi connectivity index (χ1v) is 3.88. The maximum Gasteiger partial charge on any atom is 0.142 e. The van der Waals surface area contributed by atoms with Gasteiger partial charge in [-0.05, 0) is 29.9 Å². The van der Waals surface area contributed by atoms with Gasteiger partial charge in [-0.1, -0.05) is 6.92 Å². The molecule has 1 heterocycles. The lowest BCUT2D eigenvalue weighted by atomic mass is 9.92. The molecular weight excluding hydrogens is 135 g/mol. The Morgan fingerprint density at radius 2 is 2.36 bits per heavy atom. The van der Waals surface area contributed by atoms with Gasteiger partial charge in [0.05, 0.1) is 0 Å². The summed E-state index contributed by atoms with van der Waals surface area (Å²) in [4.78, 5) is 8.15. The molecule has 0 aliphatic heterocycles. The van der Waals surface area contributed by atoms with Gasteiger partial charge in [-0.2, -0.15) is 0 Å². The van der Waals surface area contributed by atoms with Gasteiger partial charge in [0.25, 0.3) is 0 Å². The Morgan fingerprint density at radius 3 is 3.09 bits per heavy atom. The van der Waals surface area contributed by atoms with Gasteiger partial charge in [-0.15, -0.1) is 0 Å². The lowest BCUT2D eigenvalue weighted by Gasteiger charge is -2.05. The van der Waals surface area contributed by atoms with E-state index in [1.807, 2.05) is 0 Å². The van der Waals surface area contributed by atoms with E-state index >= 15 is 0 Å².